The number of aromatic nitrogens is 2. The molecule has 0 aliphatic heterocycles. The number of rotatable bonds is 6. The van der Waals surface area contributed by atoms with Crippen LogP contribution >= 0.6 is 11.6 Å². The summed E-state index contributed by atoms with van der Waals surface area (Å²) in [5, 5.41) is 12.6. The molecule has 6 heteroatoms. The third-order valence-corrected chi connectivity index (χ3v) is 3.39. The van der Waals surface area contributed by atoms with Crippen LogP contribution in [0.2, 0.25) is 5.02 Å². The number of aryl methyl sites for hydroxylation is 2. The van der Waals surface area contributed by atoms with Crippen LogP contribution in [0.15, 0.2) is 30.6 Å². The Morgan fingerprint density at radius 2 is 2.05 bits per heavy atom. The summed E-state index contributed by atoms with van der Waals surface area (Å²) >= 11 is 5.76. The van der Waals surface area contributed by atoms with Gasteiger partial charge in [-0.25, -0.2) is 9.97 Å². The molecule has 112 valence electrons. The third-order valence-electron chi connectivity index (χ3n) is 3.20. The van der Waals surface area contributed by atoms with Crippen molar-refractivity contribution in [3.8, 4) is 0 Å². The first-order valence-electron chi connectivity index (χ1n) is 6.79. The molecule has 1 heterocycles. The summed E-state index contributed by atoms with van der Waals surface area (Å²) in [5.74, 6) is 0.512. The molecule has 0 saturated heterocycles. The number of hydrogen-bond acceptors (Lipinski definition) is 5. The Morgan fingerprint density at radius 3 is 2.67 bits per heavy atom. The van der Waals surface area contributed by atoms with E-state index in [1.54, 1.807) is 12.4 Å². The Labute approximate surface area is 129 Å². The van der Waals surface area contributed by atoms with Gasteiger partial charge in [0, 0.05) is 11.7 Å². The molecule has 0 spiro atoms. The summed E-state index contributed by atoms with van der Waals surface area (Å²) in [6.07, 6.45) is 4.72. The lowest BCUT2D eigenvalue weighted by Crippen LogP contribution is -2.24. The van der Waals surface area contributed by atoms with Gasteiger partial charge in [-0.15, -0.1) is 0 Å². The molecule has 2 aromatic rings. The van der Waals surface area contributed by atoms with E-state index in [-0.39, 0.29) is 12.6 Å². The number of benzene rings is 1. The molecule has 2 rings (SSSR count). The van der Waals surface area contributed by atoms with Gasteiger partial charge in [0.2, 0.25) is 5.95 Å². The first kappa shape index (κ1) is 15.7. The Morgan fingerprint density at radius 1 is 1.33 bits per heavy atom. The van der Waals surface area contributed by atoms with Crippen molar-refractivity contribution >= 4 is 23.2 Å². The zero-order valence-corrected chi connectivity index (χ0v) is 12.6. The number of aliphatic hydroxyl groups excluding tert-OH is 1. The Bertz CT molecular complexity index is 589. The predicted octanol–water partition coefficient (Wildman–Crippen LogP) is 2.43. The van der Waals surface area contributed by atoms with Crippen LogP contribution in [0.25, 0.3) is 0 Å². The van der Waals surface area contributed by atoms with Gasteiger partial charge in [-0.05, 0) is 37.0 Å². The quantitative estimate of drug-likeness (QED) is 0.763. The van der Waals surface area contributed by atoms with E-state index in [4.69, 9.17) is 22.4 Å². The third kappa shape index (κ3) is 4.67. The van der Waals surface area contributed by atoms with Crippen LogP contribution in [0.5, 0.6) is 0 Å². The molecule has 0 unspecified atom stereocenters. The van der Waals surface area contributed by atoms with Crippen molar-refractivity contribution in [2.45, 2.75) is 25.8 Å². The van der Waals surface area contributed by atoms with E-state index in [1.807, 2.05) is 19.1 Å². The molecule has 1 aromatic heterocycles. The van der Waals surface area contributed by atoms with E-state index >= 15 is 0 Å². The minimum atomic E-state index is -0.162. The van der Waals surface area contributed by atoms with Crippen LogP contribution in [0, 0.1) is 6.92 Å². The van der Waals surface area contributed by atoms with Crippen molar-refractivity contribution in [3.05, 3.63) is 46.7 Å². The highest BCUT2D eigenvalue weighted by atomic mass is 35.5. The van der Waals surface area contributed by atoms with E-state index in [0.29, 0.717) is 11.0 Å². The topological polar surface area (TPSA) is 84.1 Å². The van der Waals surface area contributed by atoms with Gasteiger partial charge in [-0.3, -0.25) is 0 Å². The molecule has 21 heavy (non-hydrogen) atoms. The molecule has 1 aromatic carbocycles. The summed E-state index contributed by atoms with van der Waals surface area (Å²) < 4.78 is 0. The maximum atomic E-state index is 8.94. The van der Waals surface area contributed by atoms with Crippen LogP contribution in [-0.4, -0.2) is 27.7 Å². The van der Waals surface area contributed by atoms with Crippen LogP contribution in [-0.2, 0) is 6.42 Å². The van der Waals surface area contributed by atoms with Crippen LogP contribution in [0.1, 0.15) is 17.5 Å². The van der Waals surface area contributed by atoms with Gasteiger partial charge in [0.15, 0.2) is 0 Å². The fraction of sp³-hybridized carbons (Fsp3) is 0.333. The average Bonchev–Trinajstić information content (AvgIpc) is 2.49. The summed E-state index contributed by atoms with van der Waals surface area (Å²) in [6.45, 7) is 2.04. The molecule has 0 saturated carbocycles. The molecule has 0 aliphatic rings. The second-order valence-corrected chi connectivity index (χ2v) is 5.42. The van der Waals surface area contributed by atoms with Gasteiger partial charge >= 0.3 is 0 Å². The van der Waals surface area contributed by atoms with Crippen molar-refractivity contribution in [2.75, 3.05) is 11.9 Å². The van der Waals surface area contributed by atoms with E-state index in [2.05, 4.69) is 21.4 Å². The molecule has 0 amide bonds. The Balaban J connectivity index is 2.03. The molecular formula is C15H19ClN4O. The second-order valence-electron chi connectivity index (χ2n) is 4.98. The summed E-state index contributed by atoms with van der Waals surface area (Å²) in [4.78, 5) is 8.22. The minimum Gasteiger partial charge on any atom is -0.395 e. The molecule has 0 fully saturated rings. The highest BCUT2D eigenvalue weighted by Gasteiger charge is 2.05. The first-order chi connectivity index (χ1) is 10.1. The fourth-order valence-corrected chi connectivity index (χ4v) is 2.06. The van der Waals surface area contributed by atoms with Gasteiger partial charge in [0.1, 0.15) is 0 Å². The maximum Gasteiger partial charge on any atom is 0.227 e. The number of hydrogen-bond donors (Lipinski definition) is 3. The van der Waals surface area contributed by atoms with E-state index in [0.717, 1.165) is 24.1 Å². The minimum absolute atomic E-state index is 0.0204. The zero-order chi connectivity index (χ0) is 15.2. The van der Waals surface area contributed by atoms with E-state index < -0.39 is 0 Å². The van der Waals surface area contributed by atoms with Crippen molar-refractivity contribution in [1.82, 2.24) is 9.97 Å². The van der Waals surface area contributed by atoms with Crippen LogP contribution in [0.4, 0.5) is 11.6 Å². The van der Waals surface area contributed by atoms with E-state index in [1.165, 1.54) is 5.56 Å². The zero-order valence-electron chi connectivity index (χ0n) is 11.9. The lowest BCUT2D eigenvalue weighted by molar-refractivity contribution is 0.260. The number of halogens is 1. The SMILES string of the molecule is Cc1cc(CC[C@H](N)CO)ccc1Nc1ncc(Cl)cn1. The van der Waals surface area contributed by atoms with Gasteiger partial charge in [0.05, 0.1) is 24.0 Å². The molecule has 5 nitrogen and oxygen atoms in total. The Hall–Kier alpha value is -1.69. The molecule has 1 atom stereocenters. The van der Waals surface area contributed by atoms with Crippen molar-refractivity contribution in [2.24, 2.45) is 5.73 Å². The Kier molecular flexibility index (Phi) is 5.50. The predicted molar refractivity (Wildman–Crippen MR) is 84.9 cm³/mol. The highest BCUT2D eigenvalue weighted by Crippen LogP contribution is 2.20. The number of nitrogens with zero attached hydrogens (tertiary/aromatic N) is 2. The lowest BCUT2D eigenvalue weighted by Gasteiger charge is -2.11. The molecule has 0 radical (unpaired) electrons. The molecule has 0 bridgehead atoms. The van der Waals surface area contributed by atoms with Crippen molar-refractivity contribution in [1.29, 1.82) is 0 Å². The van der Waals surface area contributed by atoms with Gasteiger partial charge in [0.25, 0.3) is 0 Å². The lowest BCUT2D eigenvalue weighted by atomic mass is 10.0. The molecular weight excluding hydrogens is 288 g/mol. The number of aliphatic hydroxyl groups is 1. The molecule has 0 aliphatic carbocycles. The average molecular weight is 307 g/mol. The standard InChI is InChI=1S/C15H19ClN4O/c1-10-6-11(2-4-13(17)9-21)3-5-14(10)20-15-18-7-12(16)8-19-15/h3,5-8,13,21H,2,4,9,17H2,1H3,(H,18,19,20)/t13-/m0/s1. The van der Waals surface area contributed by atoms with Crippen molar-refractivity contribution in [3.63, 3.8) is 0 Å². The largest absolute Gasteiger partial charge is 0.395 e. The van der Waals surface area contributed by atoms with E-state index in [9.17, 15) is 0 Å². The normalized spacial score (nSPS) is 12.2. The number of anilines is 2. The van der Waals surface area contributed by atoms with Crippen molar-refractivity contribution < 1.29 is 5.11 Å². The maximum absolute atomic E-state index is 8.94. The smallest absolute Gasteiger partial charge is 0.227 e. The summed E-state index contributed by atoms with van der Waals surface area (Å²) in [5.41, 5.74) is 8.96. The fourth-order valence-electron chi connectivity index (χ4n) is 1.96. The summed E-state index contributed by atoms with van der Waals surface area (Å²) in [7, 11) is 0. The van der Waals surface area contributed by atoms with Gasteiger partial charge in [-0.1, -0.05) is 23.7 Å². The van der Waals surface area contributed by atoms with Crippen LogP contribution < -0.4 is 11.1 Å². The summed E-state index contributed by atoms with van der Waals surface area (Å²) in [6, 6.07) is 5.97. The van der Waals surface area contributed by atoms with Gasteiger partial charge < -0.3 is 16.2 Å². The monoisotopic (exact) mass is 306 g/mol. The van der Waals surface area contributed by atoms with Crippen LogP contribution in [0.3, 0.4) is 0 Å². The highest BCUT2D eigenvalue weighted by molar-refractivity contribution is 6.30. The van der Waals surface area contributed by atoms with Gasteiger partial charge in [-0.2, -0.15) is 0 Å². The molecule has 4 N–H and O–H groups in total. The second kappa shape index (κ2) is 7.36. The number of nitrogens with one attached hydrogen (secondary N) is 1. The first-order valence-corrected chi connectivity index (χ1v) is 7.17. The number of nitrogens with two attached hydrogens (primary N) is 1.